The molecule has 1 atom stereocenters. The van der Waals surface area contributed by atoms with Crippen LogP contribution >= 0.6 is 0 Å². The zero-order valence-electron chi connectivity index (χ0n) is 15.5. The van der Waals surface area contributed by atoms with Crippen LogP contribution in [0.2, 0.25) is 0 Å². The van der Waals surface area contributed by atoms with Gasteiger partial charge in [0.25, 0.3) is 5.91 Å². The Morgan fingerprint density at radius 2 is 1.92 bits per heavy atom. The molecule has 0 aromatic heterocycles. The number of hydrogen-bond donors (Lipinski definition) is 2. The summed E-state index contributed by atoms with van der Waals surface area (Å²) in [6, 6.07) is 5.24. The Hall–Kier alpha value is -2.08. The van der Waals surface area contributed by atoms with Crippen LogP contribution < -0.4 is 20.1 Å². The van der Waals surface area contributed by atoms with Crippen LogP contribution in [-0.2, 0) is 16.0 Å². The molecule has 1 aromatic carbocycles. The number of Topliss-reactive ketones (excluding diaryl/α,β-unsaturated/α-hetero) is 1. The zero-order valence-corrected chi connectivity index (χ0v) is 15.5. The van der Waals surface area contributed by atoms with Gasteiger partial charge in [-0.15, -0.1) is 0 Å². The third kappa shape index (κ3) is 5.74. The summed E-state index contributed by atoms with van der Waals surface area (Å²) in [5.74, 6) is 0.523. The quantitative estimate of drug-likeness (QED) is 0.705. The molecule has 0 saturated heterocycles. The Kier molecular flexibility index (Phi) is 6.42. The number of fused-ring (bicyclic) bond motifs is 1. The molecule has 1 aliphatic heterocycles. The average Bonchev–Trinajstić information content (AvgIpc) is 3.00. The van der Waals surface area contributed by atoms with E-state index in [0.717, 1.165) is 23.5 Å². The van der Waals surface area contributed by atoms with E-state index in [1.165, 1.54) is 0 Å². The van der Waals surface area contributed by atoms with Crippen LogP contribution in [0.15, 0.2) is 18.2 Å². The minimum Gasteiger partial charge on any atom is -0.454 e. The van der Waals surface area contributed by atoms with E-state index in [1.54, 1.807) is 0 Å². The fourth-order valence-electron chi connectivity index (χ4n) is 2.74. The highest BCUT2D eigenvalue weighted by Gasteiger charge is 2.27. The standard InChI is InChI=1S/C19H28N2O4/c1-5-6-14(21-19(2,3)4)17(22)18(23)20-10-9-13-7-8-15-16(11-13)25-12-24-15/h7-8,11,14,21H,5-6,9-10,12H2,1-4H3,(H,20,23). The van der Waals surface area contributed by atoms with Gasteiger partial charge >= 0.3 is 0 Å². The molecule has 2 N–H and O–H groups in total. The molecule has 6 heteroatoms. The Labute approximate surface area is 149 Å². The summed E-state index contributed by atoms with van der Waals surface area (Å²) in [6.45, 7) is 8.60. The van der Waals surface area contributed by atoms with Gasteiger partial charge < -0.3 is 20.1 Å². The van der Waals surface area contributed by atoms with E-state index < -0.39 is 17.7 Å². The molecule has 1 amide bonds. The molecule has 0 fully saturated rings. The lowest BCUT2D eigenvalue weighted by atomic mass is 10.0. The molecule has 0 aliphatic carbocycles. The third-order valence-electron chi connectivity index (χ3n) is 3.86. The van der Waals surface area contributed by atoms with Crippen LogP contribution in [0.1, 0.15) is 46.1 Å². The van der Waals surface area contributed by atoms with E-state index in [4.69, 9.17) is 9.47 Å². The first-order valence-electron chi connectivity index (χ1n) is 8.78. The average molecular weight is 348 g/mol. The lowest BCUT2D eigenvalue weighted by Crippen LogP contribution is -2.52. The summed E-state index contributed by atoms with van der Waals surface area (Å²) in [4.78, 5) is 24.6. The lowest BCUT2D eigenvalue weighted by molar-refractivity contribution is -0.139. The van der Waals surface area contributed by atoms with Crippen molar-refractivity contribution in [3.05, 3.63) is 23.8 Å². The maximum Gasteiger partial charge on any atom is 0.289 e. The highest BCUT2D eigenvalue weighted by molar-refractivity contribution is 6.38. The van der Waals surface area contributed by atoms with Crippen LogP contribution in [0.4, 0.5) is 0 Å². The summed E-state index contributed by atoms with van der Waals surface area (Å²) in [5.41, 5.74) is 0.803. The minimum atomic E-state index is -0.532. The molecule has 0 spiro atoms. The highest BCUT2D eigenvalue weighted by atomic mass is 16.7. The van der Waals surface area contributed by atoms with Crippen molar-refractivity contribution in [2.45, 2.75) is 58.5 Å². The third-order valence-corrected chi connectivity index (χ3v) is 3.86. The summed E-state index contributed by atoms with van der Waals surface area (Å²) < 4.78 is 10.6. The van der Waals surface area contributed by atoms with Crippen molar-refractivity contribution in [2.24, 2.45) is 0 Å². The SMILES string of the molecule is CCCC(NC(C)(C)C)C(=O)C(=O)NCCc1ccc2c(c1)OCO2. The van der Waals surface area contributed by atoms with E-state index in [2.05, 4.69) is 10.6 Å². The molecule has 0 radical (unpaired) electrons. The van der Waals surface area contributed by atoms with Gasteiger partial charge in [0.15, 0.2) is 11.5 Å². The predicted octanol–water partition coefficient (Wildman–Crippen LogP) is 2.20. The van der Waals surface area contributed by atoms with Crippen molar-refractivity contribution in [1.29, 1.82) is 0 Å². The summed E-state index contributed by atoms with van der Waals surface area (Å²) in [6.07, 6.45) is 2.11. The van der Waals surface area contributed by atoms with E-state index in [-0.39, 0.29) is 12.3 Å². The molecule has 6 nitrogen and oxygen atoms in total. The van der Waals surface area contributed by atoms with Gasteiger partial charge in [-0.2, -0.15) is 0 Å². The number of nitrogens with one attached hydrogen (secondary N) is 2. The number of hydrogen-bond acceptors (Lipinski definition) is 5. The number of amides is 1. The van der Waals surface area contributed by atoms with Gasteiger partial charge in [-0.3, -0.25) is 9.59 Å². The molecule has 1 heterocycles. The minimum absolute atomic E-state index is 0.220. The maximum atomic E-state index is 12.4. The highest BCUT2D eigenvalue weighted by Crippen LogP contribution is 2.32. The largest absolute Gasteiger partial charge is 0.454 e. The molecule has 0 bridgehead atoms. The van der Waals surface area contributed by atoms with E-state index in [0.29, 0.717) is 19.4 Å². The molecular formula is C19H28N2O4. The van der Waals surface area contributed by atoms with Crippen LogP contribution in [0.5, 0.6) is 11.5 Å². The number of ketones is 1. The Bertz CT molecular complexity index is 622. The number of carbonyl (C=O) groups is 2. The second-order valence-corrected chi connectivity index (χ2v) is 7.29. The molecule has 1 aromatic rings. The van der Waals surface area contributed by atoms with E-state index in [1.807, 2.05) is 45.9 Å². The molecular weight excluding hydrogens is 320 g/mol. The summed E-state index contributed by atoms with van der Waals surface area (Å²) >= 11 is 0. The van der Waals surface area contributed by atoms with Crippen molar-refractivity contribution in [1.82, 2.24) is 10.6 Å². The second kappa shape index (κ2) is 8.34. The van der Waals surface area contributed by atoms with Crippen LogP contribution in [0.3, 0.4) is 0 Å². The van der Waals surface area contributed by atoms with Gasteiger partial charge in [0, 0.05) is 12.1 Å². The Morgan fingerprint density at radius 1 is 1.20 bits per heavy atom. The van der Waals surface area contributed by atoms with Gasteiger partial charge in [-0.1, -0.05) is 19.4 Å². The number of rotatable bonds is 8. The van der Waals surface area contributed by atoms with E-state index >= 15 is 0 Å². The maximum absolute atomic E-state index is 12.4. The van der Waals surface area contributed by atoms with Gasteiger partial charge in [-0.25, -0.2) is 0 Å². The van der Waals surface area contributed by atoms with Crippen molar-refractivity contribution in [2.75, 3.05) is 13.3 Å². The van der Waals surface area contributed by atoms with Crippen molar-refractivity contribution in [3.8, 4) is 11.5 Å². The first-order chi connectivity index (χ1) is 11.8. The van der Waals surface area contributed by atoms with Crippen molar-refractivity contribution < 1.29 is 19.1 Å². The lowest BCUT2D eigenvalue weighted by Gasteiger charge is -2.27. The topological polar surface area (TPSA) is 76.7 Å². The predicted molar refractivity (Wildman–Crippen MR) is 95.9 cm³/mol. The Morgan fingerprint density at radius 3 is 2.60 bits per heavy atom. The van der Waals surface area contributed by atoms with Crippen LogP contribution in [-0.4, -0.2) is 36.6 Å². The second-order valence-electron chi connectivity index (χ2n) is 7.29. The molecule has 1 unspecified atom stereocenters. The summed E-state index contributed by atoms with van der Waals surface area (Å²) in [5, 5.41) is 5.96. The zero-order chi connectivity index (χ0) is 18.4. The fraction of sp³-hybridized carbons (Fsp3) is 0.579. The normalized spacial score (nSPS) is 14.2. The molecule has 1 aliphatic rings. The van der Waals surface area contributed by atoms with E-state index in [9.17, 15) is 9.59 Å². The monoisotopic (exact) mass is 348 g/mol. The molecule has 25 heavy (non-hydrogen) atoms. The van der Waals surface area contributed by atoms with Crippen LogP contribution in [0, 0.1) is 0 Å². The van der Waals surface area contributed by atoms with Gasteiger partial charge in [0.2, 0.25) is 12.6 Å². The van der Waals surface area contributed by atoms with Crippen LogP contribution in [0.25, 0.3) is 0 Å². The first kappa shape index (κ1) is 19.2. The van der Waals surface area contributed by atoms with Gasteiger partial charge in [0.1, 0.15) is 0 Å². The smallest absolute Gasteiger partial charge is 0.289 e. The van der Waals surface area contributed by atoms with Crippen molar-refractivity contribution >= 4 is 11.7 Å². The molecule has 0 saturated carbocycles. The molecule has 2 rings (SSSR count). The Balaban J connectivity index is 1.84. The van der Waals surface area contributed by atoms with Gasteiger partial charge in [-0.05, 0) is 51.3 Å². The first-order valence-corrected chi connectivity index (χ1v) is 8.78. The number of ether oxygens (including phenoxy) is 2. The van der Waals surface area contributed by atoms with Gasteiger partial charge in [0.05, 0.1) is 6.04 Å². The fourth-order valence-corrected chi connectivity index (χ4v) is 2.74. The summed E-state index contributed by atoms with van der Waals surface area (Å²) in [7, 11) is 0. The molecule has 138 valence electrons. The number of carbonyl (C=O) groups excluding carboxylic acids is 2. The number of benzene rings is 1. The van der Waals surface area contributed by atoms with Crippen molar-refractivity contribution in [3.63, 3.8) is 0 Å².